The Bertz CT molecular complexity index is 1210. The number of nitrogens with zero attached hydrogens (tertiary/aromatic N) is 1. The lowest BCUT2D eigenvalue weighted by Crippen LogP contribution is -1.99. The molecule has 1 heterocycles. The minimum Gasteiger partial charge on any atom is -0.481 e. The Morgan fingerprint density at radius 1 is 0.968 bits per heavy atom. The van der Waals surface area contributed by atoms with Crippen molar-refractivity contribution in [3.63, 3.8) is 0 Å². The van der Waals surface area contributed by atoms with Gasteiger partial charge in [0.1, 0.15) is 11.5 Å². The molecule has 3 aromatic carbocycles. The summed E-state index contributed by atoms with van der Waals surface area (Å²) in [5.74, 6) is 0.482. The number of ether oxygens (including phenoxy) is 1. The zero-order chi connectivity index (χ0) is 21.8. The predicted molar refractivity (Wildman–Crippen MR) is 125 cm³/mol. The monoisotopic (exact) mass is 470 g/mol. The lowest BCUT2D eigenvalue weighted by atomic mass is 10.1. The van der Waals surface area contributed by atoms with Gasteiger partial charge in [0.05, 0.1) is 27.8 Å². The summed E-state index contributed by atoms with van der Waals surface area (Å²) < 4.78 is 5.82. The Hall–Kier alpha value is -3.06. The van der Waals surface area contributed by atoms with E-state index < -0.39 is 5.97 Å². The second kappa shape index (κ2) is 9.39. The van der Waals surface area contributed by atoms with E-state index in [1.165, 1.54) is 11.3 Å². The Morgan fingerprint density at radius 3 is 2.39 bits per heavy atom. The maximum absolute atomic E-state index is 11.4. The summed E-state index contributed by atoms with van der Waals surface area (Å²) in [5, 5.41) is 13.8. The van der Waals surface area contributed by atoms with Gasteiger partial charge in [0, 0.05) is 10.4 Å². The van der Waals surface area contributed by atoms with Crippen molar-refractivity contribution in [2.24, 2.45) is 0 Å². The molecule has 0 bridgehead atoms. The van der Waals surface area contributed by atoms with E-state index in [4.69, 9.17) is 27.9 Å². The van der Waals surface area contributed by atoms with Crippen molar-refractivity contribution in [2.75, 3.05) is 5.32 Å². The van der Waals surface area contributed by atoms with Crippen LogP contribution in [0.1, 0.15) is 4.88 Å². The number of hydrogen-bond donors (Lipinski definition) is 2. The highest BCUT2D eigenvalue weighted by molar-refractivity contribution is 7.16. The van der Waals surface area contributed by atoms with E-state index in [1.807, 2.05) is 54.6 Å². The van der Waals surface area contributed by atoms with Gasteiger partial charge in [-0.15, -0.1) is 11.3 Å². The second-order valence-corrected chi connectivity index (χ2v) is 8.40. The Kier molecular flexibility index (Phi) is 6.42. The van der Waals surface area contributed by atoms with Crippen molar-refractivity contribution in [1.29, 1.82) is 0 Å². The summed E-state index contributed by atoms with van der Waals surface area (Å²) in [6, 6.07) is 22.1. The second-order valence-electron chi connectivity index (χ2n) is 6.53. The van der Waals surface area contributed by atoms with Crippen molar-refractivity contribution >= 4 is 51.3 Å². The van der Waals surface area contributed by atoms with Gasteiger partial charge in [-0.2, -0.15) is 0 Å². The van der Waals surface area contributed by atoms with Gasteiger partial charge in [0.25, 0.3) is 0 Å². The highest BCUT2D eigenvalue weighted by Crippen LogP contribution is 2.37. The summed E-state index contributed by atoms with van der Waals surface area (Å²) >= 11 is 13.6. The molecule has 1 aromatic heterocycles. The SMILES string of the molecule is O=C(O)Cc1sc(Nc2cccc(Cl)c2Cl)nc1-c1ccc(Oc2ccccc2)cc1. The number of carboxylic acid groups (broad SMARTS) is 1. The number of rotatable bonds is 7. The van der Waals surface area contributed by atoms with Gasteiger partial charge in [-0.3, -0.25) is 4.79 Å². The van der Waals surface area contributed by atoms with Crippen LogP contribution in [0, 0.1) is 0 Å². The Labute approximate surface area is 192 Å². The van der Waals surface area contributed by atoms with Crippen LogP contribution in [-0.2, 0) is 11.2 Å². The third-order valence-electron chi connectivity index (χ3n) is 4.31. The molecule has 0 spiro atoms. The van der Waals surface area contributed by atoms with Crippen molar-refractivity contribution < 1.29 is 14.6 Å². The van der Waals surface area contributed by atoms with Crippen LogP contribution in [-0.4, -0.2) is 16.1 Å². The van der Waals surface area contributed by atoms with E-state index >= 15 is 0 Å². The molecule has 0 radical (unpaired) electrons. The normalized spacial score (nSPS) is 10.6. The largest absolute Gasteiger partial charge is 0.481 e. The lowest BCUT2D eigenvalue weighted by molar-refractivity contribution is -0.136. The number of aromatic nitrogens is 1. The van der Waals surface area contributed by atoms with Crippen LogP contribution in [0.3, 0.4) is 0 Å². The molecule has 4 aromatic rings. The number of carbonyl (C=O) groups is 1. The van der Waals surface area contributed by atoms with Crippen LogP contribution >= 0.6 is 34.5 Å². The number of aliphatic carboxylic acids is 1. The van der Waals surface area contributed by atoms with Gasteiger partial charge in [0.15, 0.2) is 5.13 Å². The molecule has 5 nitrogen and oxygen atoms in total. The maximum Gasteiger partial charge on any atom is 0.308 e. The fourth-order valence-corrected chi connectivity index (χ4v) is 4.24. The first kappa shape index (κ1) is 21.2. The van der Waals surface area contributed by atoms with Crippen LogP contribution in [0.15, 0.2) is 72.8 Å². The summed E-state index contributed by atoms with van der Waals surface area (Å²) in [5.41, 5.74) is 1.99. The summed E-state index contributed by atoms with van der Waals surface area (Å²) in [6.07, 6.45) is -0.139. The highest BCUT2D eigenvalue weighted by atomic mass is 35.5. The van der Waals surface area contributed by atoms with Crippen molar-refractivity contribution in [1.82, 2.24) is 4.98 Å². The molecule has 4 rings (SSSR count). The molecular formula is C23H16Cl2N2O3S. The van der Waals surface area contributed by atoms with Gasteiger partial charge in [-0.1, -0.05) is 47.5 Å². The van der Waals surface area contributed by atoms with Gasteiger partial charge < -0.3 is 15.2 Å². The van der Waals surface area contributed by atoms with E-state index in [2.05, 4.69) is 10.3 Å². The van der Waals surface area contributed by atoms with Crippen LogP contribution in [0.2, 0.25) is 10.0 Å². The molecule has 0 saturated heterocycles. The van der Waals surface area contributed by atoms with Crippen LogP contribution in [0.25, 0.3) is 11.3 Å². The van der Waals surface area contributed by atoms with Crippen LogP contribution in [0.5, 0.6) is 11.5 Å². The smallest absolute Gasteiger partial charge is 0.308 e. The average Bonchev–Trinajstić information content (AvgIpc) is 3.14. The molecule has 0 saturated carbocycles. The Balaban J connectivity index is 1.62. The first-order valence-electron chi connectivity index (χ1n) is 9.25. The van der Waals surface area contributed by atoms with E-state index in [9.17, 15) is 9.90 Å². The number of anilines is 2. The third kappa shape index (κ3) is 5.17. The maximum atomic E-state index is 11.4. The molecule has 0 aliphatic rings. The van der Waals surface area contributed by atoms with Gasteiger partial charge in [-0.05, 0) is 48.5 Å². The van der Waals surface area contributed by atoms with Crippen LogP contribution < -0.4 is 10.1 Å². The number of para-hydroxylation sites is 1. The lowest BCUT2D eigenvalue weighted by Gasteiger charge is -2.07. The number of carboxylic acids is 1. The number of thiazole rings is 1. The molecule has 156 valence electrons. The summed E-state index contributed by atoms with van der Waals surface area (Å²) in [4.78, 5) is 16.6. The topological polar surface area (TPSA) is 71.5 Å². The third-order valence-corrected chi connectivity index (χ3v) is 6.10. The van der Waals surface area contributed by atoms with Gasteiger partial charge in [0.2, 0.25) is 0 Å². The molecule has 0 fully saturated rings. The summed E-state index contributed by atoms with van der Waals surface area (Å²) in [7, 11) is 0. The van der Waals surface area contributed by atoms with Crippen molar-refractivity contribution in [3.8, 4) is 22.8 Å². The number of halogens is 2. The quantitative estimate of drug-likeness (QED) is 0.296. The van der Waals surface area contributed by atoms with E-state index in [-0.39, 0.29) is 6.42 Å². The number of hydrogen-bond acceptors (Lipinski definition) is 5. The van der Waals surface area contributed by atoms with Crippen molar-refractivity contribution in [2.45, 2.75) is 6.42 Å². The molecule has 0 unspecified atom stereocenters. The zero-order valence-electron chi connectivity index (χ0n) is 16.0. The average molecular weight is 471 g/mol. The number of nitrogens with one attached hydrogen (secondary N) is 1. The highest BCUT2D eigenvalue weighted by Gasteiger charge is 2.17. The van der Waals surface area contributed by atoms with E-state index in [0.717, 1.165) is 11.3 Å². The molecule has 0 amide bonds. The van der Waals surface area contributed by atoms with Crippen LogP contribution in [0.4, 0.5) is 10.8 Å². The molecular weight excluding hydrogens is 455 g/mol. The van der Waals surface area contributed by atoms with Crippen molar-refractivity contribution in [3.05, 3.63) is 87.7 Å². The minimum absolute atomic E-state index is 0.139. The minimum atomic E-state index is -0.929. The molecule has 0 atom stereocenters. The fourth-order valence-electron chi connectivity index (χ4n) is 2.91. The van der Waals surface area contributed by atoms with Gasteiger partial charge >= 0.3 is 5.97 Å². The molecule has 0 aliphatic heterocycles. The Morgan fingerprint density at radius 2 is 1.68 bits per heavy atom. The first-order chi connectivity index (χ1) is 15.0. The standard InChI is InChI=1S/C23H16Cl2N2O3S/c24-17-7-4-8-18(21(17)25)26-23-27-22(19(31-23)13-20(28)29)14-9-11-16(12-10-14)30-15-5-2-1-3-6-15/h1-12H,13H2,(H,26,27)(H,28,29). The van der Waals surface area contributed by atoms with E-state index in [0.29, 0.717) is 37.2 Å². The summed E-state index contributed by atoms with van der Waals surface area (Å²) in [6.45, 7) is 0. The molecule has 2 N–H and O–H groups in total. The van der Waals surface area contributed by atoms with Gasteiger partial charge in [-0.25, -0.2) is 4.98 Å². The fraction of sp³-hybridized carbons (Fsp3) is 0.0435. The van der Waals surface area contributed by atoms with E-state index in [1.54, 1.807) is 18.2 Å². The zero-order valence-corrected chi connectivity index (χ0v) is 18.3. The first-order valence-corrected chi connectivity index (χ1v) is 10.8. The molecule has 31 heavy (non-hydrogen) atoms. The number of benzene rings is 3. The molecule has 0 aliphatic carbocycles. The molecule has 8 heteroatoms. The predicted octanol–water partition coefficient (Wildman–Crippen LogP) is 7.28.